The number of methoxy groups -OCH3 is 2. The van der Waals surface area contributed by atoms with Crippen molar-refractivity contribution in [1.82, 2.24) is 15.2 Å². The van der Waals surface area contributed by atoms with Gasteiger partial charge < -0.3 is 14.8 Å². The summed E-state index contributed by atoms with van der Waals surface area (Å²) in [5.41, 5.74) is 0.949. The molecule has 2 rings (SSSR count). The van der Waals surface area contributed by atoms with Crippen LogP contribution in [0.2, 0.25) is 0 Å². The topological polar surface area (TPSA) is 46.6 Å². The van der Waals surface area contributed by atoms with E-state index >= 15 is 0 Å². The van der Waals surface area contributed by atoms with Crippen molar-refractivity contribution >= 4 is 0 Å². The average molecular weight is 265 g/mol. The Balaban J connectivity index is 2.03. The van der Waals surface area contributed by atoms with Gasteiger partial charge in [0.2, 0.25) is 0 Å². The minimum atomic E-state index is 0.649. The number of hydrogen-bond acceptors (Lipinski definition) is 5. The summed E-state index contributed by atoms with van der Waals surface area (Å²) >= 11 is 0. The molecule has 0 aliphatic carbocycles. The lowest BCUT2D eigenvalue weighted by Gasteiger charge is -2.31. The number of rotatable bonds is 5. The third-order valence-corrected chi connectivity index (χ3v) is 3.74. The first-order valence-electron chi connectivity index (χ1n) is 6.74. The van der Waals surface area contributed by atoms with Gasteiger partial charge in [0.25, 0.3) is 0 Å². The Kier molecular flexibility index (Phi) is 4.99. The highest BCUT2D eigenvalue weighted by atomic mass is 16.5. The van der Waals surface area contributed by atoms with Gasteiger partial charge in [-0.3, -0.25) is 9.88 Å². The van der Waals surface area contributed by atoms with Gasteiger partial charge in [-0.25, -0.2) is 0 Å². The van der Waals surface area contributed by atoms with Crippen molar-refractivity contribution in [2.45, 2.75) is 25.4 Å². The molecule has 5 nitrogen and oxygen atoms in total. The summed E-state index contributed by atoms with van der Waals surface area (Å²) in [5.74, 6) is 1.50. The van der Waals surface area contributed by atoms with Crippen LogP contribution in [-0.2, 0) is 6.54 Å². The summed E-state index contributed by atoms with van der Waals surface area (Å²) < 4.78 is 10.7. The van der Waals surface area contributed by atoms with Crippen molar-refractivity contribution in [3.05, 3.63) is 18.0 Å². The number of piperidine rings is 1. The molecule has 0 spiro atoms. The minimum absolute atomic E-state index is 0.649. The lowest BCUT2D eigenvalue weighted by molar-refractivity contribution is 0.190. The molecule has 1 aliphatic heterocycles. The first-order valence-corrected chi connectivity index (χ1v) is 6.74. The van der Waals surface area contributed by atoms with E-state index in [4.69, 9.17) is 9.47 Å². The quantitative estimate of drug-likeness (QED) is 0.869. The maximum atomic E-state index is 5.42. The monoisotopic (exact) mass is 265 g/mol. The second-order valence-corrected chi connectivity index (χ2v) is 4.83. The Morgan fingerprint density at radius 3 is 2.63 bits per heavy atom. The zero-order chi connectivity index (χ0) is 13.7. The normalized spacial score (nSPS) is 17.4. The smallest absolute Gasteiger partial charge is 0.183 e. The number of aromatic nitrogens is 1. The zero-order valence-electron chi connectivity index (χ0n) is 12.0. The first-order chi connectivity index (χ1) is 9.28. The molecule has 0 radical (unpaired) electrons. The molecule has 0 atom stereocenters. The van der Waals surface area contributed by atoms with E-state index in [9.17, 15) is 0 Å². The van der Waals surface area contributed by atoms with Crippen LogP contribution in [0.25, 0.3) is 0 Å². The molecule has 0 saturated carbocycles. The number of likely N-dealkylation sites (tertiary alicyclic amines) is 1. The highest BCUT2D eigenvalue weighted by molar-refractivity contribution is 5.42. The molecule has 1 aromatic rings. The Bertz CT molecular complexity index is 404. The second-order valence-electron chi connectivity index (χ2n) is 4.83. The maximum absolute atomic E-state index is 5.42. The van der Waals surface area contributed by atoms with E-state index in [-0.39, 0.29) is 0 Å². The van der Waals surface area contributed by atoms with Gasteiger partial charge in [0, 0.05) is 37.9 Å². The summed E-state index contributed by atoms with van der Waals surface area (Å²) in [6.07, 6.45) is 4.14. The number of nitrogens with one attached hydrogen (secondary N) is 1. The first kappa shape index (κ1) is 14.1. The van der Waals surface area contributed by atoms with E-state index in [1.165, 1.54) is 12.8 Å². The van der Waals surface area contributed by atoms with Gasteiger partial charge in [0.15, 0.2) is 11.5 Å². The molecule has 0 amide bonds. The summed E-state index contributed by atoms with van der Waals surface area (Å²) in [6, 6.07) is 2.48. The third kappa shape index (κ3) is 3.36. The molecule has 19 heavy (non-hydrogen) atoms. The molecule has 2 heterocycles. The van der Waals surface area contributed by atoms with Gasteiger partial charge in [0.05, 0.1) is 14.2 Å². The van der Waals surface area contributed by atoms with Crippen LogP contribution in [0, 0.1) is 0 Å². The van der Waals surface area contributed by atoms with Gasteiger partial charge in [0.1, 0.15) is 5.69 Å². The molecular formula is C14H23N3O2. The van der Waals surface area contributed by atoms with E-state index in [2.05, 4.69) is 15.2 Å². The summed E-state index contributed by atoms with van der Waals surface area (Å²) in [6.45, 7) is 3.00. The van der Waals surface area contributed by atoms with Crippen LogP contribution in [0.15, 0.2) is 12.3 Å². The van der Waals surface area contributed by atoms with Crippen molar-refractivity contribution in [3.8, 4) is 11.5 Å². The summed E-state index contributed by atoms with van der Waals surface area (Å²) in [4.78, 5) is 6.84. The molecule has 1 aliphatic rings. The molecule has 1 saturated heterocycles. The van der Waals surface area contributed by atoms with E-state index < -0.39 is 0 Å². The Morgan fingerprint density at radius 1 is 1.32 bits per heavy atom. The van der Waals surface area contributed by atoms with Crippen LogP contribution >= 0.6 is 0 Å². The summed E-state index contributed by atoms with van der Waals surface area (Å²) in [5, 5.41) is 3.34. The lowest BCUT2D eigenvalue weighted by Crippen LogP contribution is -2.40. The fraction of sp³-hybridized carbons (Fsp3) is 0.643. The minimum Gasteiger partial charge on any atom is -0.493 e. The van der Waals surface area contributed by atoms with Gasteiger partial charge in [-0.05, 0) is 19.9 Å². The van der Waals surface area contributed by atoms with Crippen molar-refractivity contribution in [1.29, 1.82) is 0 Å². The van der Waals surface area contributed by atoms with Crippen LogP contribution in [0.4, 0.5) is 0 Å². The molecule has 106 valence electrons. The van der Waals surface area contributed by atoms with Crippen molar-refractivity contribution in [2.24, 2.45) is 0 Å². The van der Waals surface area contributed by atoms with Crippen LogP contribution in [0.1, 0.15) is 18.5 Å². The molecule has 0 unspecified atom stereocenters. The van der Waals surface area contributed by atoms with Gasteiger partial charge in [-0.1, -0.05) is 0 Å². The van der Waals surface area contributed by atoms with E-state index in [1.54, 1.807) is 20.4 Å². The number of ether oxygens (including phenoxy) is 2. The standard InChI is InChI=1S/C14H23N3O2/c1-15-11-5-8-17(9-6-11)10-12-14(19-3)13(18-2)4-7-16-12/h4,7,11,15H,5-6,8-10H2,1-3H3. The van der Waals surface area contributed by atoms with Crippen molar-refractivity contribution < 1.29 is 9.47 Å². The number of nitrogens with zero attached hydrogens (tertiary/aromatic N) is 2. The number of pyridine rings is 1. The van der Waals surface area contributed by atoms with E-state index in [0.29, 0.717) is 6.04 Å². The maximum Gasteiger partial charge on any atom is 0.183 e. The van der Waals surface area contributed by atoms with Gasteiger partial charge in [-0.2, -0.15) is 0 Å². The molecule has 0 aromatic carbocycles. The largest absolute Gasteiger partial charge is 0.493 e. The van der Waals surface area contributed by atoms with E-state index in [1.807, 2.05) is 13.1 Å². The predicted octanol–water partition coefficient (Wildman–Crippen LogP) is 1.28. The average Bonchev–Trinajstić information content (AvgIpc) is 2.47. The molecular weight excluding hydrogens is 242 g/mol. The van der Waals surface area contributed by atoms with Crippen LogP contribution in [0.3, 0.4) is 0 Å². The molecule has 1 aromatic heterocycles. The van der Waals surface area contributed by atoms with Crippen molar-refractivity contribution in [3.63, 3.8) is 0 Å². The second kappa shape index (κ2) is 6.73. The third-order valence-electron chi connectivity index (χ3n) is 3.74. The zero-order valence-corrected chi connectivity index (χ0v) is 12.0. The van der Waals surface area contributed by atoms with Crippen LogP contribution in [-0.4, -0.2) is 50.3 Å². The van der Waals surface area contributed by atoms with Crippen LogP contribution < -0.4 is 14.8 Å². The van der Waals surface area contributed by atoms with Gasteiger partial charge in [-0.15, -0.1) is 0 Å². The number of hydrogen-bond donors (Lipinski definition) is 1. The SMILES string of the molecule is CNC1CCN(Cc2nccc(OC)c2OC)CC1. The fourth-order valence-electron chi connectivity index (χ4n) is 2.55. The lowest BCUT2D eigenvalue weighted by atomic mass is 10.1. The van der Waals surface area contributed by atoms with Gasteiger partial charge >= 0.3 is 0 Å². The molecule has 1 N–H and O–H groups in total. The molecule has 0 bridgehead atoms. The fourth-order valence-corrected chi connectivity index (χ4v) is 2.55. The summed E-state index contributed by atoms with van der Waals surface area (Å²) in [7, 11) is 5.35. The molecule has 1 fully saturated rings. The Morgan fingerprint density at radius 2 is 2.05 bits per heavy atom. The Labute approximate surface area is 114 Å². The highest BCUT2D eigenvalue weighted by Gasteiger charge is 2.20. The van der Waals surface area contributed by atoms with Crippen LogP contribution in [0.5, 0.6) is 11.5 Å². The molecule has 5 heteroatoms. The van der Waals surface area contributed by atoms with E-state index in [0.717, 1.165) is 36.8 Å². The van der Waals surface area contributed by atoms with Crippen molar-refractivity contribution in [2.75, 3.05) is 34.4 Å². The highest BCUT2D eigenvalue weighted by Crippen LogP contribution is 2.30. The predicted molar refractivity (Wildman–Crippen MR) is 74.7 cm³/mol. The Hall–Kier alpha value is -1.33.